The van der Waals surface area contributed by atoms with Crippen molar-refractivity contribution in [3.8, 4) is 0 Å². The summed E-state index contributed by atoms with van der Waals surface area (Å²) >= 11 is 7.88. The van der Waals surface area contributed by atoms with Crippen LogP contribution in [0.1, 0.15) is 68.9 Å². The first-order valence-corrected chi connectivity index (χ1v) is 8.48. The Labute approximate surface area is 120 Å². The van der Waals surface area contributed by atoms with Crippen molar-refractivity contribution in [1.82, 2.24) is 5.32 Å². The zero-order valence-corrected chi connectivity index (χ0v) is 13.0. The molecule has 0 saturated heterocycles. The van der Waals surface area contributed by atoms with Gasteiger partial charge in [-0.3, -0.25) is 0 Å². The van der Waals surface area contributed by atoms with Gasteiger partial charge in [-0.1, -0.05) is 44.7 Å². The van der Waals surface area contributed by atoms with Gasteiger partial charge in [-0.05, 0) is 37.3 Å². The van der Waals surface area contributed by atoms with Gasteiger partial charge >= 0.3 is 0 Å². The molecule has 2 rings (SSSR count). The van der Waals surface area contributed by atoms with Crippen LogP contribution in [0.15, 0.2) is 6.07 Å². The molecule has 18 heavy (non-hydrogen) atoms. The molecule has 1 aromatic heterocycles. The van der Waals surface area contributed by atoms with Crippen molar-refractivity contribution >= 4 is 22.9 Å². The summed E-state index contributed by atoms with van der Waals surface area (Å²) < 4.78 is 0.951. The van der Waals surface area contributed by atoms with Crippen LogP contribution in [0, 0.1) is 0 Å². The van der Waals surface area contributed by atoms with E-state index in [-0.39, 0.29) is 0 Å². The molecule has 102 valence electrons. The molecule has 1 heterocycles. The highest BCUT2D eigenvalue weighted by Gasteiger charge is 2.26. The van der Waals surface area contributed by atoms with Crippen molar-refractivity contribution in [1.29, 1.82) is 0 Å². The van der Waals surface area contributed by atoms with Crippen molar-refractivity contribution in [2.24, 2.45) is 0 Å². The standard InChI is InChI=1S/C15H24ClNS/c1-3-5-7-11(6-4-2)17-13-8-9-14-12(13)10-15(16)18-14/h10-11,13,17H,3-9H2,1-2H3. The first-order valence-electron chi connectivity index (χ1n) is 7.28. The van der Waals surface area contributed by atoms with Gasteiger partial charge in [-0.15, -0.1) is 11.3 Å². The average Bonchev–Trinajstić information content (AvgIpc) is 2.87. The number of halogens is 1. The van der Waals surface area contributed by atoms with Crippen LogP contribution >= 0.6 is 22.9 Å². The van der Waals surface area contributed by atoms with Crippen molar-refractivity contribution < 1.29 is 0 Å². The molecule has 0 aliphatic heterocycles. The van der Waals surface area contributed by atoms with Crippen LogP contribution < -0.4 is 5.32 Å². The summed E-state index contributed by atoms with van der Waals surface area (Å²) in [7, 11) is 0. The number of thiophene rings is 1. The van der Waals surface area contributed by atoms with E-state index in [2.05, 4.69) is 25.2 Å². The first-order chi connectivity index (χ1) is 8.74. The summed E-state index contributed by atoms with van der Waals surface area (Å²) in [5.74, 6) is 0. The molecule has 2 unspecified atom stereocenters. The molecule has 1 nitrogen and oxygen atoms in total. The second-order valence-corrected chi connectivity index (χ2v) is 7.08. The highest BCUT2D eigenvalue weighted by atomic mass is 35.5. The van der Waals surface area contributed by atoms with Crippen LogP contribution in [0.3, 0.4) is 0 Å². The van der Waals surface area contributed by atoms with Gasteiger partial charge in [0.1, 0.15) is 0 Å². The fourth-order valence-electron chi connectivity index (χ4n) is 2.90. The van der Waals surface area contributed by atoms with Crippen LogP contribution in [0.5, 0.6) is 0 Å². The Balaban J connectivity index is 1.95. The van der Waals surface area contributed by atoms with E-state index in [4.69, 9.17) is 11.6 Å². The van der Waals surface area contributed by atoms with E-state index in [0.717, 1.165) is 4.34 Å². The van der Waals surface area contributed by atoms with E-state index in [9.17, 15) is 0 Å². The predicted octanol–water partition coefficient (Wildman–Crippen LogP) is 5.34. The normalized spacial score (nSPS) is 20.1. The van der Waals surface area contributed by atoms with Crippen LogP contribution in [0.25, 0.3) is 0 Å². The van der Waals surface area contributed by atoms with Gasteiger partial charge < -0.3 is 5.32 Å². The van der Waals surface area contributed by atoms with Crippen LogP contribution in [-0.2, 0) is 6.42 Å². The van der Waals surface area contributed by atoms with Crippen molar-refractivity contribution in [2.75, 3.05) is 0 Å². The van der Waals surface area contributed by atoms with Crippen LogP contribution in [0.4, 0.5) is 0 Å². The van der Waals surface area contributed by atoms with Crippen LogP contribution in [0.2, 0.25) is 4.34 Å². The van der Waals surface area contributed by atoms with E-state index >= 15 is 0 Å². The number of fused-ring (bicyclic) bond motifs is 1. The van der Waals surface area contributed by atoms with Gasteiger partial charge in [0, 0.05) is 17.0 Å². The molecule has 0 radical (unpaired) electrons. The Hall–Kier alpha value is -0.0500. The molecule has 1 aliphatic rings. The fraction of sp³-hybridized carbons (Fsp3) is 0.733. The lowest BCUT2D eigenvalue weighted by atomic mass is 10.0. The Morgan fingerprint density at radius 3 is 2.94 bits per heavy atom. The summed E-state index contributed by atoms with van der Waals surface area (Å²) in [5.41, 5.74) is 1.47. The van der Waals surface area contributed by atoms with Gasteiger partial charge in [0.25, 0.3) is 0 Å². The van der Waals surface area contributed by atoms with E-state index in [1.54, 1.807) is 11.3 Å². The second-order valence-electron chi connectivity index (χ2n) is 5.31. The Morgan fingerprint density at radius 2 is 2.22 bits per heavy atom. The van der Waals surface area contributed by atoms with Gasteiger partial charge in [-0.2, -0.15) is 0 Å². The zero-order chi connectivity index (χ0) is 13.0. The average molecular weight is 286 g/mol. The second kappa shape index (κ2) is 6.93. The molecule has 0 saturated carbocycles. The number of hydrogen-bond acceptors (Lipinski definition) is 2. The summed E-state index contributed by atoms with van der Waals surface area (Å²) in [5, 5.41) is 3.87. The number of unbranched alkanes of at least 4 members (excludes halogenated alkanes) is 1. The third-order valence-electron chi connectivity index (χ3n) is 3.83. The first kappa shape index (κ1) is 14.4. The highest BCUT2D eigenvalue weighted by Crippen LogP contribution is 2.39. The maximum atomic E-state index is 6.12. The zero-order valence-electron chi connectivity index (χ0n) is 11.5. The fourth-order valence-corrected chi connectivity index (χ4v) is 4.25. The number of hydrogen-bond donors (Lipinski definition) is 1. The van der Waals surface area contributed by atoms with Gasteiger partial charge in [0.2, 0.25) is 0 Å². The molecule has 1 aromatic rings. The molecule has 0 aromatic carbocycles. The van der Waals surface area contributed by atoms with E-state index in [1.165, 1.54) is 55.4 Å². The molecular formula is C15H24ClNS. The molecule has 1 aliphatic carbocycles. The number of rotatable bonds is 7. The maximum Gasteiger partial charge on any atom is 0.0934 e. The van der Waals surface area contributed by atoms with E-state index in [1.807, 2.05) is 0 Å². The topological polar surface area (TPSA) is 12.0 Å². The third kappa shape index (κ3) is 3.49. The summed E-state index contributed by atoms with van der Waals surface area (Å²) in [6, 6.07) is 3.41. The SMILES string of the molecule is CCCCC(CCC)NC1CCc2sc(Cl)cc21. The lowest BCUT2D eigenvalue weighted by Gasteiger charge is -2.23. The molecule has 0 bridgehead atoms. The molecule has 3 heteroatoms. The van der Waals surface area contributed by atoms with Crippen molar-refractivity contribution in [3.05, 3.63) is 20.8 Å². The third-order valence-corrected chi connectivity index (χ3v) is 5.17. The predicted molar refractivity (Wildman–Crippen MR) is 81.7 cm³/mol. The Morgan fingerprint density at radius 1 is 1.39 bits per heavy atom. The van der Waals surface area contributed by atoms with E-state index < -0.39 is 0 Å². The Kier molecular flexibility index (Phi) is 5.53. The monoisotopic (exact) mass is 285 g/mol. The number of nitrogens with one attached hydrogen (secondary N) is 1. The van der Waals surface area contributed by atoms with Gasteiger partial charge in [0.05, 0.1) is 4.34 Å². The Bertz CT molecular complexity index is 375. The van der Waals surface area contributed by atoms with Gasteiger partial charge in [0.15, 0.2) is 0 Å². The maximum absolute atomic E-state index is 6.12. The lowest BCUT2D eigenvalue weighted by molar-refractivity contribution is 0.381. The quantitative estimate of drug-likeness (QED) is 0.713. The number of aryl methyl sites for hydroxylation is 1. The van der Waals surface area contributed by atoms with E-state index in [0.29, 0.717) is 12.1 Å². The highest BCUT2D eigenvalue weighted by molar-refractivity contribution is 7.16. The molecule has 2 atom stereocenters. The van der Waals surface area contributed by atoms with Crippen molar-refractivity contribution in [2.45, 2.75) is 70.9 Å². The minimum atomic E-state index is 0.553. The molecular weight excluding hydrogens is 262 g/mol. The summed E-state index contributed by atoms with van der Waals surface area (Å²) in [6.45, 7) is 4.55. The van der Waals surface area contributed by atoms with Crippen LogP contribution in [-0.4, -0.2) is 6.04 Å². The molecule has 0 fully saturated rings. The molecule has 0 spiro atoms. The largest absolute Gasteiger partial charge is 0.307 e. The summed E-state index contributed by atoms with van der Waals surface area (Å²) in [6.07, 6.45) is 8.97. The minimum Gasteiger partial charge on any atom is -0.307 e. The molecule has 1 N–H and O–H groups in total. The molecule has 0 amide bonds. The summed E-state index contributed by atoms with van der Waals surface area (Å²) in [4.78, 5) is 1.50. The smallest absolute Gasteiger partial charge is 0.0934 e. The van der Waals surface area contributed by atoms with Gasteiger partial charge in [-0.25, -0.2) is 0 Å². The van der Waals surface area contributed by atoms with Crippen molar-refractivity contribution in [3.63, 3.8) is 0 Å². The minimum absolute atomic E-state index is 0.553. The lowest BCUT2D eigenvalue weighted by Crippen LogP contribution is -2.31.